The number of amides is 3. The fourth-order valence-corrected chi connectivity index (χ4v) is 3.13. The van der Waals surface area contributed by atoms with Gasteiger partial charge in [-0.05, 0) is 43.2 Å². The van der Waals surface area contributed by atoms with E-state index in [-0.39, 0.29) is 31.4 Å². The first kappa shape index (κ1) is 25.0. The van der Waals surface area contributed by atoms with Gasteiger partial charge in [-0.3, -0.25) is 25.0 Å². The van der Waals surface area contributed by atoms with Gasteiger partial charge in [0.2, 0.25) is 11.7 Å². The van der Waals surface area contributed by atoms with Gasteiger partial charge in [0.15, 0.2) is 0 Å². The second-order valence-electron chi connectivity index (χ2n) is 7.68. The van der Waals surface area contributed by atoms with Crippen LogP contribution in [0.5, 0.6) is 5.75 Å². The molecule has 6 N–H and O–H groups in total. The molecule has 0 aliphatic heterocycles. The number of nitrogens with two attached hydrogens (primary N) is 1. The molecule has 12 nitrogen and oxygen atoms in total. The number of hydrazine groups is 1. The number of rotatable bonds is 9. The molecule has 0 fully saturated rings. The highest BCUT2D eigenvalue weighted by molar-refractivity contribution is 5.76. The summed E-state index contributed by atoms with van der Waals surface area (Å²) < 4.78 is 6.36. The zero-order valence-corrected chi connectivity index (χ0v) is 19.7. The highest BCUT2D eigenvalue weighted by Crippen LogP contribution is 2.11. The minimum Gasteiger partial charge on any atom is -0.497 e. The number of hydrogen-bond donors (Lipinski definition) is 5. The van der Waals surface area contributed by atoms with E-state index in [9.17, 15) is 14.4 Å². The number of nitrogens with zero attached hydrogens (tertiary/aromatic N) is 3. The molecular weight excluding hydrogens is 452 g/mol. The molecule has 3 aromatic rings. The van der Waals surface area contributed by atoms with Crippen LogP contribution in [0.3, 0.4) is 0 Å². The number of aryl methyl sites for hydroxylation is 2. The second-order valence-corrected chi connectivity index (χ2v) is 7.68. The molecule has 0 spiro atoms. The summed E-state index contributed by atoms with van der Waals surface area (Å²) in [6.07, 6.45) is 1.43. The number of hydrogen-bond acceptors (Lipinski definition) is 8. The van der Waals surface area contributed by atoms with Crippen molar-refractivity contribution in [1.29, 1.82) is 0 Å². The SMILES string of the molecule is COc1ccc(CNC(=O)NNc2ncc(C)n(CC(=O)NCc3ccc(N)nc3C)c2=O)cc1. The van der Waals surface area contributed by atoms with Crippen molar-refractivity contribution >= 4 is 23.6 Å². The highest BCUT2D eigenvalue weighted by Gasteiger charge is 2.13. The van der Waals surface area contributed by atoms with Gasteiger partial charge in [-0.1, -0.05) is 18.2 Å². The van der Waals surface area contributed by atoms with Crippen LogP contribution in [0.25, 0.3) is 0 Å². The van der Waals surface area contributed by atoms with E-state index in [2.05, 4.69) is 31.5 Å². The monoisotopic (exact) mass is 480 g/mol. The summed E-state index contributed by atoms with van der Waals surface area (Å²) in [4.78, 5) is 45.5. The molecule has 12 heteroatoms. The standard InChI is InChI=1S/C23H28N8O4/c1-14-10-26-21(29-30-23(34)27-11-16-4-7-18(35-3)8-5-16)22(33)31(14)13-20(32)25-12-17-6-9-19(24)28-15(17)2/h4-10H,11-13H2,1-3H3,(H2,24,28)(H,25,32)(H,26,29)(H2,27,30,34). The minimum atomic E-state index is -0.556. The molecule has 0 aliphatic rings. The second kappa shape index (κ2) is 11.5. The first-order valence-electron chi connectivity index (χ1n) is 10.7. The number of carbonyl (C=O) groups is 2. The fourth-order valence-electron chi connectivity index (χ4n) is 3.13. The molecule has 0 bridgehead atoms. The Kier molecular flexibility index (Phi) is 8.22. The lowest BCUT2D eigenvalue weighted by molar-refractivity contribution is -0.121. The highest BCUT2D eigenvalue weighted by atomic mass is 16.5. The smallest absolute Gasteiger partial charge is 0.333 e. The van der Waals surface area contributed by atoms with Gasteiger partial charge in [0.25, 0.3) is 5.56 Å². The fraction of sp³-hybridized carbons (Fsp3) is 0.261. The maximum absolute atomic E-state index is 12.8. The number of carbonyl (C=O) groups excluding carboxylic acids is 2. The van der Waals surface area contributed by atoms with Gasteiger partial charge < -0.3 is 21.1 Å². The Balaban J connectivity index is 1.54. The summed E-state index contributed by atoms with van der Waals surface area (Å²) in [5.74, 6) is 0.627. The van der Waals surface area contributed by atoms with Crippen LogP contribution in [0.1, 0.15) is 22.5 Å². The lowest BCUT2D eigenvalue weighted by Gasteiger charge is -2.14. The minimum absolute atomic E-state index is 0.124. The molecule has 0 saturated carbocycles. The Bertz CT molecular complexity index is 1260. The van der Waals surface area contributed by atoms with Crippen LogP contribution in [-0.4, -0.2) is 33.6 Å². The number of ether oxygens (including phenoxy) is 1. The topological polar surface area (TPSA) is 165 Å². The van der Waals surface area contributed by atoms with E-state index in [0.717, 1.165) is 11.1 Å². The quantitative estimate of drug-likeness (QED) is 0.283. The number of nitrogens with one attached hydrogen (secondary N) is 4. The van der Waals surface area contributed by atoms with Gasteiger partial charge in [-0.15, -0.1) is 0 Å². The van der Waals surface area contributed by atoms with Crippen molar-refractivity contribution in [2.75, 3.05) is 18.3 Å². The van der Waals surface area contributed by atoms with E-state index in [1.807, 2.05) is 12.1 Å². The van der Waals surface area contributed by atoms with E-state index >= 15 is 0 Å². The van der Waals surface area contributed by atoms with Gasteiger partial charge >= 0.3 is 6.03 Å². The van der Waals surface area contributed by atoms with E-state index in [1.165, 1.54) is 10.8 Å². The third-order valence-corrected chi connectivity index (χ3v) is 5.16. The Hall–Kier alpha value is -4.61. The zero-order valence-electron chi connectivity index (χ0n) is 19.7. The molecule has 3 amide bonds. The van der Waals surface area contributed by atoms with Gasteiger partial charge in [0, 0.05) is 30.7 Å². The van der Waals surface area contributed by atoms with Crippen molar-refractivity contribution in [3.8, 4) is 5.75 Å². The van der Waals surface area contributed by atoms with Crippen molar-refractivity contribution in [3.05, 3.63) is 75.5 Å². The lowest BCUT2D eigenvalue weighted by Crippen LogP contribution is -2.41. The van der Waals surface area contributed by atoms with Crippen LogP contribution in [0.4, 0.5) is 16.4 Å². The third-order valence-electron chi connectivity index (χ3n) is 5.16. The number of urea groups is 1. The lowest BCUT2D eigenvalue weighted by atomic mass is 10.2. The first-order chi connectivity index (χ1) is 16.8. The summed E-state index contributed by atoms with van der Waals surface area (Å²) in [7, 11) is 1.58. The predicted octanol–water partition coefficient (Wildman–Crippen LogP) is 0.989. The molecule has 2 aromatic heterocycles. The van der Waals surface area contributed by atoms with Crippen molar-refractivity contribution in [2.24, 2.45) is 0 Å². The maximum Gasteiger partial charge on any atom is 0.333 e. The normalized spacial score (nSPS) is 10.4. The molecule has 35 heavy (non-hydrogen) atoms. The average Bonchev–Trinajstić information content (AvgIpc) is 2.84. The molecule has 0 aliphatic carbocycles. The molecular formula is C23H28N8O4. The summed E-state index contributed by atoms with van der Waals surface area (Å²) in [5, 5.41) is 5.42. The predicted molar refractivity (Wildman–Crippen MR) is 130 cm³/mol. The third kappa shape index (κ3) is 6.93. The van der Waals surface area contributed by atoms with E-state index in [1.54, 1.807) is 45.2 Å². The molecule has 0 atom stereocenters. The van der Waals surface area contributed by atoms with E-state index in [0.29, 0.717) is 23.0 Å². The molecule has 0 radical (unpaired) electrons. The van der Waals surface area contributed by atoms with Crippen LogP contribution in [-0.2, 0) is 24.4 Å². The molecule has 3 rings (SSSR count). The zero-order chi connectivity index (χ0) is 25.4. The summed E-state index contributed by atoms with van der Waals surface area (Å²) >= 11 is 0. The number of benzene rings is 1. The van der Waals surface area contributed by atoms with Gasteiger partial charge in [0.05, 0.1) is 7.11 Å². The summed E-state index contributed by atoms with van der Waals surface area (Å²) in [5.41, 5.74) is 12.9. The van der Waals surface area contributed by atoms with Crippen LogP contribution in [0.15, 0.2) is 47.4 Å². The number of aromatic nitrogens is 3. The number of methoxy groups -OCH3 is 1. The molecule has 0 unspecified atom stereocenters. The summed E-state index contributed by atoms with van der Waals surface area (Å²) in [6.45, 7) is 3.76. The molecule has 0 saturated heterocycles. The van der Waals surface area contributed by atoms with Crippen LogP contribution < -0.4 is 37.5 Å². The van der Waals surface area contributed by atoms with Crippen LogP contribution in [0, 0.1) is 13.8 Å². The van der Waals surface area contributed by atoms with Crippen molar-refractivity contribution in [1.82, 2.24) is 30.6 Å². The van der Waals surface area contributed by atoms with Gasteiger partial charge in [-0.25, -0.2) is 14.8 Å². The number of nitrogen functional groups attached to an aromatic ring is 1. The van der Waals surface area contributed by atoms with Crippen molar-refractivity contribution < 1.29 is 14.3 Å². The van der Waals surface area contributed by atoms with Gasteiger partial charge in [0.1, 0.15) is 18.1 Å². The van der Waals surface area contributed by atoms with Crippen molar-refractivity contribution in [3.63, 3.8) is 0 Å². The molecule has 2 heterocycles. The molecule has 1 aromatic carbocycles. The van der Waals surface area contributed by atoms with E-state index in [4.69, 9.17) is 10.5 Å². The molecule has 184 valence electrons. The van der Waals surface area contributed by atoms with E-state index < -0.39 is 11.6 Å². The Morgan fingerprint density at radius 1 is 1.06 bits per heavy atom. The maximum atomic E-state index is 12.8. The average molecular weight is 481 g/mol. The van der Waals surface area contributed by atoms with Crippen LogP contribution >= 0.6 is 0 Å². The number of pyridine rings is 1. The number of anilines is 2. The van der Waals surface area contributed by atoms with Crippen LogP contribution in [0.2, 0.25) is 0 Å². The Labute approximate surface area is 201 Å². The Morgan fingerprint density at radius 3 is 2.49 bits per heavy atom. The Morgan fingerprint density at radius 2 is 1.80 bits per heavy atom. The van der Waals surface area contributed by atoms with Crippen molar-refractivity contribution in [2.45, 2.75) is 33.5 Å². The summed E-state index contributed by atoms with van der Waals surface area (Å²) in [6, 6.07) is 10.1. The first-order valence-corrected chi connectivity index (χ1v) is 10.7. The van der Waals surface area contributed by atoms with Gasteiger partial charge in [-0.2, -0.15) is 0 Å². The largest absolute Gasteiger partial charge is 0.497 e.